The van der Waals surface area contributed by atoms with E-state index in [0.29, 0.717) is 6.61 Å². The van der Waals surface area contributed by atoms with Crippen LogP contribution < -0.4 is 15.8 Å². The van der Waals surface area contributed by atoms with E-state index in [1.54, 1.807) is 0 Å². The Morgan fingerprint density at radius 3 is 2.33 bits per heavy atom. The van der Waals surface area contributed by atoms with Crippen LogP contribution in [0.3, 0.4) is 0 Å². The van der Waals surface area contributed by atoms with Gasteiger partial charge in [-0.1, -0.05) is 20.8 Å². The predicted molar refractivity (Wildman–Crippen MR) is 86.6 cm³/mol. The van der Waals surface area contributed by atoms with Crippen molar-refractivity contribution in [3.8, 4) is 5.75 Å². The Morgan fingerprint density at radius 2 is 1.86 bits per heavy atom. The Balaban J connectivity index is 2.53. The summed E-state index contributed by atoms with van der Waals surface area (Å²) in [6, 6.07) is 6.77. The maximum atomic E-state index is 12.0. The van der Waals surface area contributed by atoms with E-state index < -0.39 is 6.04 Å². The van der Waals surface area contributed by atoms with Crippen LogP contribution in [0.25, 0.3) is 0 Å². The van der Waals surface area contributed by atoms with Gasteiger partial charge in [-0.15, -0.1) is 0 Å². The summed E-state index contributed by atoms with van der Waals surface area (Å²) in [4.78, 5) is 14.1. The van der Waals surface area contributed by atoms with Gasteiger partial charge < -0.3 is 20.7 Å². The fourth-order valence-electron chi connectivity index (χ4n) is 1.59. The molecule has 0 saturated carbocycles. The molecule has 1 aromatic rings. The highest BCUT2D eigenvalue weighted by Crippen LogP contribution is 2.20. The molecule has 0 aliphatic carbocycles. The lowest BCUT2D eigenvalue weighted by Gasteiger charge is -2.25. The third-order valence-corrected chi connectivity index (χ3v) is 3.14. The zero-order valence-electron chi connectivity index (χ0n) is 13.6. The van der Waals surface area contributed by atoms with Gasteiger partial charge in [0.2, 0.25) is 5.91 Å². The van der Waals surface area contributed by atoms with Gasteiger partial charge in [-0.2, -0.15) is 0 Å². The number of nitrogens with two attached hydrogens (primary N) is 1. The first-order chi connectivity index (χ1) is 9.70. The number of anilines is 1. The van der Waals surface area contributed by atoms with Crippen LogP contribution in [0.2, 0.25) is 0 Å². The fraction of sp³-hybridized carbons (Fsp3) is 0.562. The number of amides is 1. The average Bonchev–Trinajstić information content (AvgIpc) is 2.38. The number of carbonyl (C=O) groups is 1. The quantitative estimate of drug-likeness (QED) is 0.841. The number of nitrogens with zero attached hydrogens (tertiary/aromatic N) is 1. The van der Waals surface area contributed by atoms with E-state index in [-0.39, 0.29) is 11.3 Å². The minimum atomic E-state index is -0.548. The Bertz CT molecular complexity index is 450. The van der Waals surface area contributed by atoms with Crippen molar-refractivity contribution in [1.82, 2.24) is 4.90 Å². The molecule has 5 heteroatoms. The highest BCUT2D eigenvalue weighted by atomic mass is 16.5. The van der Waals surface area contributed by atoms with E-state index in [4.69, 9.17) is 10.5 Å². The topological polar surface area (TPSA) is 67.6 Å². The highest BCUT2D eigenvalue weighted by molar-refractivity contribution is 5.95. The van der Waals surface area contributed by atoms with E-state index in [2.05, 4.69) is 10.2 Å². The molecular weight excluding hydrogens is 266 g/mol. The first-order valence-corrected chi connectivity index (χ1v) is 7.14. The second kappa shape index (κ2) is 7.43. The number of nitrogens with one attached hydrogen (secondary N) is 1. The van der Waals surface area contributed by atoms with Gasteiger partial charge in [-0.3, -0.25) is 4.79 Å². The summed E-state index contributed by atoms with van der Waals surface area (Å²) in [6.07, 6.45) is 0. The summed E-state index contributed by atoms with van der Waals surface area (Å²) < 4.78 is 5.60. The van der Waals surface area contributed by atoms with E-state index in [0.717, 1.165) is 18.0 Å². The molecule has 0 radical (unpaired) electrons. The molecule has 1 rings (SSSR count). The lowest BCUT2D eigenvalue weighted by atomic mass is 9.87. The van der Waals surface area contributed by atoms with Gasteiger partial charge in [0.25, 0.3) is 0 Å². The third-order valence-electron chi connectivity index (χ3n) is 3.14. The van der Waals surface area contributed by atoms with Gasteiger partial charge in [0.15, 0.2) is 0 Å². The maximum Gasteiger partial charge on any atom is 0.241 e. The molecule has 118 valence electrons. The van der Waals surface area contributed by atoms with Crippen LogP contribution in [0.1, 0.15) is 20.8 Å². The first kappa shape index (κ1) is 17.5. The van der Waals surface area contributed by atoms with Gasteiger partial charge in [-0.25, -0.2) is 0 Å². The summed E-state index contributed by atoms with van der Waals surface area (Å²) in [5.74, 6) is 0.610. The smallest absolute Gasteiger partial charge is 0.241 e. The highest BCUT2D eigenvalue weighted by Gasteiger charge is 2.27. The van der Waals surface area contributed by atoms with Crippen molar-refractivity contribution in [3.63, 3.8) is 0 Å². The Labute approximate surface area is 127 Å². The molecule has 0 aliphatic heterocycles. The van der Waals surface area contributed by atoms with Crippen LogP contribution in [-0.2, 0) is 4.79 Å². The number of hydrogen-bond acceptors (Lipinski definition) is 4. The molecule has 21 heavy (non-hydrogen) atoms. The zero-order chi connectivity index (χ0) is 16.0. The van der Waals surface area contributed by atoms with Crippen LogP contribution in [0, 0.1) is 5.41 Å². The molecule has 0 fully saturated rings. The second-order valence-corrected chi connectivity index (χ2v) is 6.51. The monoisotopic (exact) mass is 293 g/mol. The molecule has 0 aromatic heterocycles. The summed E-state index contributed by atoms with van der Waals surface area (Å²) in [6.45, 7) is 7.32. The summed E-state index contributed by atoms with van der Waals surface area (Å²) in [5, 5.41) is 2.82. The summed E-state index contributed by atoms with van der Waals surface area (Å²) >= 11 is 0. The Kier molecular flexibility index (Phi) is 6.18. The third kappa shape index (κ3) is 6.14. The van der Waals surface area contributed by atoms with Crippen LogP contribution >= 0.6 is 0 Å². The van der Waals surface area contributed by atoms with Gasteiger partial charge in [0.05, 0.1) is 6.04 Å². The van der Waals surface area contributed by atoms with E-state index in [1.165, 1.54) is 0 Å². The van der Waals surface area contributed by atoms with Crippen molar-refractivity contribution in [2.24, 2.45) is 11.1 Å². The number of ether oxygens (including phenoxy) is 1. The minimum Gasteiger partial charge on any atom is -0.492 e. The van der Waals surface area contributed by atoms with E-state index >= 15 is 0 Å². The van der Waals surface area contributed by atoms with Crippen molar-refractivity contribution < 1.29 is 9.53 Å². The number of benzene rings is 1. The molecule has 0 spiro atoms. The van der Waals surface area contributed by atoms with Gasteiger partial charge in [0.1, 0.15) is 12.4 Å². The normalized spacial score (nSPS) is 13.1. The standard InChI is InChI=1S/C16H27N3O2/c1-16(2,3)14(17)15(20)18-12-6-8-13(9-7-12)21-11-10-19(4)5/h6-9,14H,10-11,17H2,1-5H3,(H,18,20). The number of carbonyl (C=O) groups excluding carboxylic acids is 1. The van der Waals surface area contributed by atoms with Crippen molar-refractivity contribution >= 4 is 11.6 Å². The largest absolute Gasteiger partial charge is 0.492 e. The maximum absolute atomic E-state index is 12.0. The van der Waals surface area contributed by atoms with Gasteiger partial charge in [0, 0.05) is 12.2 Å². The minimum absolute atomic E-state index is 0.177. The van der Waals surface area contributed by atoms with Gasteiger partial charge >= 0.3 is 0 Å². The van der Waals surface area contributed by atoms with Crippen LogP contribution in [0.4, 0.5) is 5.69 Å². The van der Waals surface area contributed by atoms with E-state index in [1.807, 2.05) is 59.1 Å². The van der Waals surface area contributed by atoms with Crippen molar-refractivity contribution in [2.75, 3.05) is 32.6 Å². The molecule has 0 bridgehead atoms. The fourth-order valence-corrected chi connectivity index (χ4v) is 1.59. The molecule has 1 aromatic carbocycles. The number of likely N-dealkylation sites (N-methyl/N-ethyl adjacent to an activating group) is 1. The molecule has 1 unspecified atom stereocenters. The van der Waals surface area contributed by atoms with E-state index in [9.17, 15) is 4.79 Å². The molecule has 1 atom stereocenters. The van der Waals surface area contributed by atoms with Crippen molar-refractivity contribution in [1.29, 1.82) is 0 Å². The lowest BCUT2D eigenvalue weighted by molar-refractivity contribution is -0.119. The number of hydrogen-bond donors (Lipinski definition) is 2. The van der Waals surface area contributed by atoms with Crippen LogP contribution in [0.5, 0.6) is 5.75 Å². The molecular formula is C16H27N3O2. The summed E-state index contributed by atoms with van der Waals surface area (Å²) in [5.41, 5.74) is 6.38. The van der Waals surface area contributed by atoms with Crippen molar-refractivity contribution in [3.05, 3.63) is 24.3 Å². The molecule has 1 amide bonds. The van der Waals surface area contributed by atoms with Crippen LogP contribution in [0.15, 0.2) is 24.3 Å². The first-order valence-electron chi connectivity index (χ1n) is 7.14. The second-order valence-electron chi connectivity index (χ2n) is 6.51. The number of rotatable bonds is 6. The van der Waals surface area contributed by atoms with Gasteiger partial charge in [-0.05, 0) is 43.8 Å². The SMILES string of the molecule is CN(C)CCOc1ccc(NC(=O)C(N)C(C)(C)C)cc1. The predicted octanol–water partition coefficient (Wildman–Crippen LogP) is 1.94. The van der Waals surface area contributed by atoms with Crippen LogP contribution in [-0.4, -0.2) is 44.1 Å². The average molecular weight is 293 g/mol. The molecule has 0 heterocycles. The van der Waals surface area contributed by atoms with Crippen molar-refractivity contribution in [2.45, 2.75) is 26.8 Å². The Morgan fingerprint density at radius 1 is 1.29 bits per heavy atom. The zero-order valence-corrected chi connectivity index (χ0v) is 13.6. The molecule has 5 nitrogen and oxygen atoms in total. The molecule has 3 N–H and O–H groups in total. The lowest BCUT2D eigenvalue weighted by Crippen LogP contribution is -2.45. The molecule has 0 saturated heterocycles. The molecule has 0 aliphatic rings. The summed E-state index contributed by atoms with van der Waals surface area (Å²) in [7, 11) is 4.00. The Hall–Kier alpha value is -1.59.